The number of nitrogens with zero attached hydrogens (tertiary/aromatic N) is 1. The van der Waals surface area contributed by atoms with Crippen molar-refractivity contribution >= 4 is 23.6 Å². The summed E-state index contributed by atoms with van der Waals surface area (Å²) < 4.78 is 5.33. The molecule has 1 heterocycles. The number of piperidine rings is 1. The third-order valence-corrected chi connectivity index (χ3v) is 5.94. The molecular weight excluding hydrogens is 404 g/mol. The van der Waals surface area contributed by atoms with Gasteiger partial charge in [-0.15, -0.1) is 0 Å². The van der Waals surface area contributed by atoms with Gasteiger partial charge in [-0.1, -0.05) is 51.4 Å². The second-order valence-electron chi connectivity index (χ2n) is 10.1. The second kappa shape index (κ2) is 8.75. The van der Waals surface area contributed by atoms with Crippen molar-refractivity contribution in [3.8, 4) is 0 Å². The van der Waals surface area contributed by atoms with Gasteiger partial charge in [-0.25, -0.2) is 4.79 Å². The summed E-state index contributed by atoms with van der Waals surface area (Å²) >= 11 is 6.00. The zero-order valence-corrected chi connectivity index (χ0v) is 19.8. The van der Waals surface area contributed by atoms with Crippen LogP contribution in [0.3, 0.4) is 0 Å². The number of carbonyl (C=O) groups excluding carboxylic acids is 2. The SMILES string of the molecule is CC(C)[C@@H](NC(=O)OC(C)(C)C)C(=O)N1CC[C@](O)(c2ccc(Cl)cc2)C(C)(C)C1. The zero-order valence-electron chi connectivity index (χ0n) is 19.1. The molecule has 2 amide bonds. The van der Waals surface area contributed by atoms with Gasteiger partial charge in [-0.05, 0) is 50.8 Å². The van der Waals surface area contributed by atoms with Crippen LogP contribution in [0.4, 0.5) is 4.79 Å². The summed E-state index contributed by atoms with van der Waals surface area (Å²) in [6.45, 7) is 13.8. The van der Waals surface area contributed by atoms with Crippen LogP contribution in [0.2, 0.25) is 5.02 Å². The highest BCUT2D eigenvalue weighted by Crippen LogP contribution is 2.46. The molecule has 2 rings (SSSR count). The van der Waals surface area contributed by atoms with Gasteiger partial charge in [-0.2, -0.15) is 0 Å². The number of alkyl carbamates (subject to hydrolysis) is 1. The predicted molar refractivity (Wildman–Crippen MR) is 118 cm³/mol. The van der Waals surface area contributed by atoms with Crippen LogP contribution in [0.15, 0.2) is 24.3 Å². The Morgan fingerprint density at radius 1 is 1.20 bits per heavy atom. The minimum absolute atomic E-state index is 0.106. The van der Waals surface area contributed by atoms with E-state index in [1.54, 1.807) is 37.8 Å². The maximum atomic E-state index is 13.3. The third-order valence-electron chi connectivity index (χ3n) is 5.69. The van der Waals surface area contributed by atoms with Crippen LogP contribution in [0.1, 0.15) is 60.5 Å². The number of nitrogens with one attached hydrogen (secondary N) is 1. The van der Waals surface area contributed by atoms with E-state index in [1.807, 2.05) is 39.8 Å². The molecule has 6 nitrogen and oxygen atoms in total. The quantitative estimate of drug-likeness (QED) is 0.733. The van der Waals surface area contributed by atoms with Crippen molar-refractivity contribution in [3.05, 3.63) is 34.9 Å². The summed E-state index contributed by atoms with van der Waals surface area (Å²) in [5.74, 6) is -0.271. The van der Waals surface area contributed by atoms with Crippen LogP contribution in [-0.4, -0.2) is 46.7 Å². The number of rotatable bonds is 4. The van der Waals surface area contributed by atoms with E-state index < -0.39 is 28.8 Å². The van der Waals surface area contributed by atoms with E-state index in [0.717, 1.165) is 5.56 Å². The maximum Gasteiger partial charge on any atom is 0.408 e. The first-order valence-corrected chi connectivity index (χ1v) is 10.8. The molecule has 0 unspecified atom stereocenters. The first kappa shape index (κ1) is 24.5. The summed E-state index contributed by atoms with van der Waals surface area (Å²) in [7, 11) is 0. The standard InChI is InChI=1S/C23H35ClN2O4/c1-15(2)18(25-20(28)30-21(3,4)5)19(27)26-13-12-23(29,22(6,7)14-26)16-8-10-17(24)11-9-16/h8-11,15,18,29H,12-14H2,1-7H3,(H,25,28)/t18-,23+/m1/s1. The fourth-order valence-corrected chi connectivity index (χ4v) is 4.04. The molecule has 0 bridgehead atoms. The normalized spacial score (nSPS) is 22.5. The highest BCUT2D eigenvalue weighted by atomic mass is 35.5. The lowest BCUT2D eigenvalue weighted by Gasteiger charge is -2.51. The highest BCUT2D eigenvalue weighted by molar-refractivity contribution is 6.30. The number of ether oxygens (including phenoxy) is 1. The van der Waals surface area contributed by atoms with Gasteiger partial charge in [0.05, 0.1) is 5.60 Å². The smallest absolute Gasteiger partial charge is 0.408 e. The molecular formula is C23H35ClN2O4. The van der Waals surface area contributed by atoms with Crippen LogP contribution in [0, 0.1) is 11.3 Å². The number of halogens is 1. The lowest BCUT2D eigenvalue weighted by Crippen LogP contribution is -2.60. The fraction of sp³-hybridized carbons (Fsp3) is 0.652. The third kappa shape index (κ3) is 5.46. The van der Waals surface area contributed by atoms with Gasteiger partial charge in [0.15, 0.2) is 0 Å². The fourth-order valence-electron chi connectivity index (χ4n) is 3.92. The van der Waals surface area contributed by atoms with Crippen LogP contribution in [-0.2, 0) is 15.1 Å². The monoisotopic (exact) mass is 438 g/mol. The molecule has 2 atom stereocenters. The number of carbonyl (C=O) groups is 2. The van der Waals surface area contributed by atoms with Gasteiger partial charge >= 0.3 is 6.09 Å². The molecule has 1 aliphatic rings. The molecule has 1 aromatic carbocycles. The molecule has 0 radical (unpaired) electrons. The van der Waals surface area contributed by atoms with Gasteiger partial charge in [0.1, 0.15) is 11.6 Å². The minimum Gasteiger partial charge on any atom is -0.444 e. The van der Waals surface area contributed by atoms with Gasteiger partial charge in [0.2, 0.25) is 5.91 Å². The zero-order chi connectivity index (χ0) is 22.9. The molecule has 0 aliphatic carbocycles. The van der Waals surface area contributed by atoms with Crippen molar-refractivity contribution in [1.29, 1.82) is 0 Å². The van der Waals surface area contributed by atoms with E-state index in [1.165, 1.54) is 0 Å². The Morgan fingerprint density at radius 3 is 2.23 bits per heavy atom. The Hall–Kier alpha value is -1.79. The van der Waals surface area contributed by atoms with Gasteiger partial charge in [0.25, 0.3) is 0 Å². The largest absolute Gasteiger partial charge is 0.444 e. The lowest BCUT2D eigenvalue weighted by molar-refractivity contribution is -0.155. The van der Waals surface area contributed by atoms with Crippen molar-refractivity contribution in [2.24, 2.45) is 11.3 Å². The van der Waals surface area contributed by atoms with E-state index in [-0.39, 0.29) is 11.8 Å². The van der Waals surface area contributed by atoms with E-state index in [0.29, 0.717) is 24.5 Å². The van der Waals surface area contributed by atoms with E-state index in [2.05, 4.69) is 5.32 Å². The molecule has 30 heavy (non-hydrogen) atoms. The number of hydrogen-bond acceptors (Lipinski definition) is 4. The van der Waals surface area contributed by atoms with Crippen LogP contribution in [0.5, 0.6) is 0 Å². The van der Waals surface area contributed by atoms with E-state index in [4.69, 9.17) is 16.3 Å². The molecule has 0 spiro atoms. The molecule has 1 fully saturated rings. The van der Waals surface area contributed by atoms with Crippen molar-refractivity contribution in [2.75, 3.05) is 13.1 Å². The average Bonchev–Trinajstić information content (AvgIpc) is 2.60. The molecule has 1 saturated heterocycles. The molecule has 1 aliphatic heterocycles. The first-order chi connectivity index (χ1) is 13.7. The molecule has 168 valence electrons. The van der Waals surface area contributed by atoms with Gasteiger partial charge < -0.3 is 20.1 Å². The molecule has 2 N–H and O–H groups in total. The summed E-state index contributed by atoms with van der Waals surface area (Å²) in [5, 5.41) is 14.8. The summed E-state index contributed by atoms with van der Waals surface area (Å²) in [4.78, 5) is 27.3. The minimum atomic E-state index is -1.08. The topological polar surface area (TPSA) is 78.9 Å². The predicted octanol–water partition coefficient (Wildman–Crippen LogP) is 4.34. The highest BCUT2D eigenvalue weighted by Gasteiger charge is 2.50. The Morgan fingerprint density at radius 2 is 1.77 bits per heavy atom. The van der Waals surface area contributed by atoms with Crippen molar-refractivity contribution < 1.29 is 19.4 Å². The Balaban J connectivity index is 2.17. The molecule has 1 aromatic rings. The van der Waals surface area contributed by atoms with Crippen molar-refractivity contribution in [2.45, 2.75) is 72.1 Å². The van der Waals surface area contributed by atoms with Crippen LogP contribution < -0.4 is 5.32 Å². The first-order valence-electron chi connectivity index (χ1n) is 10.4. The summed E-state index contributed by atoms with van der Waals surface area (Å²) in [6, 6.07) is 6.51. The molecule has 7 heteroatoms. The Bertz CT molecular complexity index is 770. The maximum absolute atomic E-state index is 13.3. The summed E-state index contributed by atoms with van der Waals surface area (Å²) in [5.41, 5.74) is -1.53. The second-order valence-corrected chi connectivity index (χ2v) is 10.6. The van der Waals surface area contributed by atoms with Gasteiger partial charge in [-0.3, -0.25) is 4.79 Å². The van der Waals surface area contributed by atoms with E-state index >= 15 is 0 Å². The number of likely N-dealkylation sites (tertiary alicyclic amines) is 1. The lowest BCUT2D eigenvalue weighted by atomic mass is 9.66. The molecule has 0 saturated carbocycles. The number of aliphatic hydroxyl groups is 1. The van der Waals surface area contributed by atoms with Gasteiger partial charge in [0, 0.05) is 23.5 Å². The number of amides is 2. The average molecular weight is 439 g/mol. The number of benzene rings is 1. The Labute approximate surface area is 184 Å². The van der Waals surface area contributed by atoms with Crippen molar-refractivity contribution in [1.82, 2.24) is 10.2 Å². The Kier molecular flexibility index (Phi) is 7.14. The summed E-state index contributed by atoms with van der Waals surface area (Å²) in [6.07, 6.45) is -0.214. The van der Waals surface area contributed by atoms with E-state index in [9.17, 15) is 14.7 Å². The van der Waals surface area contributed by atoms with Crippen LogP contribution >= 0.6 is 11.6 Å². The molecule has 0 aromatic heterocycles. The van der Waals surface area contributed by atoms with Crippen molar-refractivity contribution in [3.63, 3.8) is 0 Å². The number of hydrogen-bond donors (Lipinski definition) is 2. The van der Waals surface area contributed by atoms with Crippen LogP contribution in [0.25, 0.3) is 0 Å².